The quantitative estimate of drug-likeness (QED) is 0.601. The monoisotopic (exact) mass is 339 g/mol. The van der Waals surface area contributed by atoms with E-state index in [2.05, 4.69) is 43.9 Å². The van der Waals surface area contributed by atoms with Crippen LogP contribution in [0.4, 0.5) is 0 Å². The standard InChI is InChI=1S/C14H18BrN3S/c15-11-6-7-12(17-10-11)9-13(18-16)3-1-4-14-5-2-8-19-14/h2,5-8,10,13,18H,1,3-4,9,16H2. The minimum absolute atomic E-state index is 0.286. The highest BCUT2D eigenvalue weighted by Crippen LogP contribution is 2.14. The van der Waals surface area contributed by atoms with Crippen LogP contribution >= 0.6 is 27.3 Å². The molecular weight excluding hydrogens is 322 g/mol. The number of pyridine rings is 1. The SMILES string of the molecule is NNC(CCCc1cccs1)Cc1ccc(Br)cn1. The highest BCUT2D eigenvalue weighted by molar-refractivity contribution is 9.10. The second-order valence-corrected chi connectivity index (χ2v) is 6.45. The second kappa shape index (κ2) is 7.75. The average Bonchev–Trinajstić information content (AvgIpc) is 2.93. The van der Waals surface area contributed by atoms with Crippen molar-refractivity contribution in [2.75, 3.05) is 0 Å². The first-order valence-corrected chi connectivity index (χ1v) is 8.04. The van der Waals surface area contributed by atoms with E-state index in [0.29, 0.717) is 0 Å². The van der Waals surface area contributed by atoms with Crippen molar-refractivity contribution in [2.45, 2.75) is 31.7 Å². The van der Waals surface area contributed by atoms with Gasteiger partial charge >= 0.3 is 0 Å². The predicted molar refractivity (Wildman–Crippen MR) is 84.0 cm³/mol. The highest BCUT2D eigenvalue weighted by atomic mass is 79.9. The van der Waals surface area contributed by atoms with Gasteiger partial charge in [0.2, 0.25) is 0 Å². The van der Waals surface area contributed by atoms with Crippen LogP contribution < -0.4 is 11.3 Å². The minimum Gasteiger partial charge on any atom is -0.271 e. The third-order valence-electron chi connectivity index (χ3n) is 3.04. The number of hydrazine groups is 1. The first-order valence-electron chi connectivity index (χ1n) is 6.37. The Morgan fingerprint density at radius 2 is 2.26 bits per heavy atom. The van der Waals surface area contributed by atoms with E-state index in [-0.39, 0.29) is 6.04 Å². The molecule has 0 aromatic carbocycles. The van der Waals surface area contributed by atoms with E-state index in [1.54, 1.807) is 0 Å². The van der Waals surface area contributed by atoms with Crippen molar-refractivity contribution >= 4 is 27.3 Å². The molecule has 0 spiro atoms. The van der Waals surface area contributed by atoms with Gasteiger partial charge in [-0.1, -0.05) is 6.07 Å². The zero-order chi connectivity index (χ0) is 13.5. The Morgan fingerprint density at radius 3 is 2.89 bits per heavy atom. The van der Waals surface area contributed by atoms with E-state index < -0.39 is 0 Å². The van der Waals surface area contributed by atoms with Gasteiger partial charge in [-0.2, -0.15) is 0 Å². The van der Waals surface area contributed by atoms with E-state index >= 15 is 0 Å². The molecule has 0 fully saturated rings. The van der Waals surface area contributed by atoms with Crippen LogP contribution in [0.3, 0.4) is 0 Å². The fraction of sp³-hybridized carbons (Fsp3) is 0.357. The molecule has 0 aliphatic rings. The van der Waals surface area contributed by atoms with E-state index in [0.717, 1.165) is 35.8 Å². The Hall–Kier alpha value is -0.750. The second-order valence-electron chi connectivity index (χ2n) is 4.51. The van der Waals surface area contributed by atoms with Crippen LogP contribution in [0.15, 0.2) is 40.3 Å². The zero-order valence-corrected chi connectivity index (χ0v) is 13.1. The molecule has 5 heteroatoms. The fourth-order valence-corrected chi connectivity index (χ4v) is 2.99. The van der Waals surface area contributed by atoms with Gasteiger partial charge in [0.1, 0.15) is 0 Å². The van der Waals surface area contributed by atoms with Crippen molar-refractivity contribution < 1.29 is 0 Å². The summed E-state index contributed by atoms with van der Waals surface area (Å²) in [5.74, 6) is 5.63. The van der Waals surface area contributed by atoms with Crippen LogP contribution in [0.1, 0.15) is 23.4 Å². The summed E-state index contributed by atoms with van der Waals surface area (Å²) in [6.45, 7) is 0. The Kier molecular flexibility index (Phi) is 5.97. The normalized spacial score (nSPS) is 12.5. The molecule has 3 N–H and O–H groups in total. The molecule has 0 amide bonds. The maximum absolute atomic E-state index is 5.63. The third kappa shape index (κ3) is 5.03. The van der Waals surface area contributed by atoms with Crippen molar-refractivity contribution in [1.29, 1.82) is 0 Å². The average molecular weight is 340 g/mol. The fourth-order valence-electron chi connectivity index (χ4n) is 2.00. The Bertz CT molecular complexity index is 470. The number of halogens is 1. The van der Waals surface area contributed by atoms with E-state index in [4.69, 9.17) is 5.84 Å². The van der Waals surface area contributed by atoms with Crippen LogP contribution in [0.25, 0.3) is 0 Å². The lowest BCUT2D eigenvalue weighted by Gasteiger charge is -2.15. The largest absolute Gasteiger partial charge is 0.271 e. The number of thiophene rings is 1. The number of rotatable bonds is 7. The Balaban J connectivity index is 1.78. The number of nitrogens with one attached hydrogen (secondary N) is 1. The van der Waals surface area contributed by atoms with Crippen molar-refractivity contribution in [3.8, 4) is 0 Å². The van der Waals surface area contributed by atoms with Gasteiger partial charge in [-0.15, -0.1) is 11.3 Å². The topological polar surface area (TPSA) is 50.9 Å². The molecule has 1 unspecified atom stereocenters. The first kappa shape index (κ1) is 14.7. The predicted octanol–water partition coefficient (Wildman–Crippen LogP) is 3.30. The van der Waals surface area contributed by atoms with Crippen LogP contribution in [-0.4, -0.2) is 11.0 Å². The smallest absolute Gasteiger partial charge is 0.0420 e. The van der Waals surface area contributed by atoms with Gasteiger partial charge in [-0.25, -0.2) is 0 Å². The minimum atomic E-state index is 0.286. The highest BCUT2D eigenvalue weighted by Gasteiger charge is 2.08. The number of aromatic nitrogens is 1. The van der Waals surface area contributed by atoms with Crippen molar-refractivity contribution in [3.63, 3.8) is 0 Å². The summed E-state index contributed by atoms with van der Waals surface area (Å²) in [7, 11) is 0. The number of hydrogen-bond acceptors (Lipinski definition) is 4. The van der Waals surface area contributed by atoms with Crippen LogP contribution in [0.2, 0.25) is 0 Å². The molecule has 2 rings (SSSR count). The van der Waals surface area contributed by atoms with Crippen molar-refractivity contribution in [3.05, 3.63) is 50.9 Å². The molecule has 0 saturated carbocycles. The van der Waals surface area contributed by atoms with Crippen molar-refractivity contribution in [1.82, 2.24) is 10.4 Å². The summed E-state index contributed by atoms with van der Waals surface area (Å²) in [5, 5.41) is 2.12. The zero-order valence-electron chi connectivity index (χ0n) is 10.7. The van der Waals surface area contributed by atoms with Gasteiger partial charge in [0.25, 0.3) is 0 Å². The molecule has 0 saturated heterocycles. The molecule has 0 aliphatic heterocycles. The van der Waals surface area contributed by atoms with Crippen LogP contribution in [0, 0.1) is 0 Å². The van der Waals surface area contributed by atoms with Gasteiger partial charge in [-0.3, -0.25) is 16.3 Å². The molecule has 3 nitrogen and oxygen atoms in total. The number of aryl methyl sites for hydroxylation is 1. The molecule has 2 aromatic rings. The third-order valence-corrected chi connectivity index (χ3v) is 4.44. The number of nitrogens with zero attached hydrogens (tertiary/aromatic N) is 1. The van der Waals surface area contributed by atoms with E-state index in [1.165, 1.54) is 4.88 Å². The lowest BCUT2D eigenvalue weighted by molar-refractivity contribution is 0.473. The summed E-state index contributed by atoms with van der Waals surface area (Å²) in [6.07, 6.45) is 6.03. The van der Waals surface area contributed by atoms with Gasteiger partial charge in [0.15, 0.2) is 0 Å². The summed E-state index contributed by atoms with van der Waals surface area (Å²) in [6, 6.07) is 8.62. The maximum Gasteiger partial charge on any atom is 0.0420 e. The summed E-state index contributed by atoms with van der Waals surface area (Å²) >= 11 is 5.21. The van der Waals surface area contributed by atoms with E-state index in [9.17, 15) is 0 Å². The molecule has 2 heterocycles. The summed E-state index contributed by atoms with van der Waals surface area (Å²) in [4.78, 5) is 5.83. The van der Waals surface area contributed by atoms with Gasteiger partial charge < -0.3 is 0 Å². The molecule has 2 aromatic heterocycles. The summed E-state index contributed by atoms with van der Waals surface area (Å²) < 4.78 is 1.01. The molecule has 0 bridgehead atoms. The van der Waals surface area contributed by atoms with Crippen LogP contribution in [0.5, 0.6) is 0 Å². The lowest BCUT2D eigenvalue weighted by atomic mass is 10.0. The molecule has 0 aliphatic carbocycles. The molecule has 0 radical (unpaired) electrons. The van der Waals surface area contributed by atoms with Crippen molar-refractivity contribution in [2.24, 2.45) is 5.84 Å². The maximum atomic E-state index is 5.63. The van der Waals surface area contributed by atoms with Gasteiger partial charge in [0.05, 0.1) is 0 Å². The molecule has 1 atom stereocenters. The molecular formula is C14H18BrN3S. The molecule has 102 valence electrons. The van der Waals surface area contributed by atoms with E-state index in [1.807, 2.05) is 29.7 Å². The Morgan fingerprint density at radius 1 is 1.37 bits per heavy atom. The molecule has 19 heavy (non-hydrogen) atoms. The number of hydrogen-bond donors (Lipinski definition) is 2. The van der Waals surface area contributed by atoms with Gasteiger partial charge in [0, 0.05) is 33.7 Å². The Labute approximate surface area is 126 Å². The van der Waals surface area contributed by atoms with Crippen LogP contribution in [-0.2, 0) is 12.8 Å². The lowest BCUT2D eigenvalue weighted by Crippen LogP contribution is -2.37. The summed E-state index contributed by atoms with van der Waals surface area (Å²) in [5.41, 5.74) is 3.97. The first-order chi connectivity index (χ1) is 9.28. The van der Waals surface area contributed by atoms with Gasteiger partial charge in [-0.05, 0) is 58.8 Å². The number of nitrogens with two attached hydrogens (primary N) is 1.